The van der Waals surface area contributed by atoms with Gasteiger partial charge in [0, 0.05) is 24.2 Å². The molecule has 0 saturated carbocycles. The van der Waals surface area contributed by atoms with E-state index in [4.69, 9.17) is 9.15 Å². The van der Waals surface area contributed by atoms with Crippen LogP contribution >= 0.6 is 0 Å². The van der Waals surface area contributed by atoms with Gasteiger partial charge in [-0.15, -0.1) is 0 Å². The molecular weight excluding hydrogens is 442 g/mol. The van der Waals surface area contributed by atoms with Crippen molar-refractivity contribution in [2.24, 2.45) is 0 Å². The van der Waals surface area contributed by atoms with Crippen LogP contribution in [0.2, 0.25) is 0 Å². The molecule has 2 heterocycles. The molecule has 2 aromatic carbocycles. The molecule has 0 unspecified atom stereocenters. The van der Waals surface area contributed by atoms with Crippen molar-refractivity contribution in [3.8, 4) is 17.2 Å². The lowest BCUT2D eigenvalue weighted by Gasteiger charge is -2.30. The Kier molecular flexibility index (Phi) is 5.86. The van der Waals surface area contributed by atoms with Crippen LogP contribution in [0.3, 0.4) is 0 Å². The molecule has 8 nitrogen and oxygen atoms in total. The van der Waals surface area contributed by atoms with Gasteiger partial charge in [0.05, 0.1) is 24.6 Å². The molecule has 0 atom stereocenters. The number of carbonyl (C=O) groups excluding carboxylic acids is 1. The van der Waals surface area contributed by atoms with E-state index in [0.29, 0.717) is 47.0 Å². The van der Waals surface area contributed by atoms with Crippen molar-refractivity contribution in [2.75, 3.05) is 29.5 Å². The number of anilines is 2. The van der Waals surface area contributed by atoms with Gasteiger partial charge in [-0.2, -0.15) is 0 Å². The number of hydrogen-bond donors (Lipinski definition) is 1. The zero-order valence-corrected chi connectivity index (χ0v) is 20.4. The standard InChI is InChI=1S/C24H29N3O5S/c1-24(2,3)18-14-16(27-11-7-6-8-21(27)28)13-17(22(18)31-4)23-25-19-12-15(26-33(5,29)30)9-10-20(19)32-23/h9-10,12-14,26H,6-8,11H2,1-5H3. The van der Waals surface area contributed by atoms with Crippen LogP contribution in [0.5, 0.6) is 5.75 Å². The smallest absolute Gasteiger partial charge is 0.231 e. The van der Waals surface area contributed by atoms with Crippen LogP contribution in [0.4, 0.5) is 11.4 Å². The molecule has 9 heteroatoms. The second kappa shape index (κ2) is 8.37. The van der Waals surface area contributed by atoms with Crippen molar-refractivity contribution < 1.29 is 22.4 Å². The SMILES string of the molecule is COc1c(-c2nc3cc(NS(C)(=O)=O)ccc3o2)cc(N2CCCCC2=O)cc1C(C)(C)C. The van der Waals surface area contributed by atoms with Crippen LogP contribution < -0.4 is 14.4 Å². The van der Waals surface area contributed by atoms with E-state index in [1.54, 1.807) is 25.3 Å². The highest BCUT2D eigenvalue weighted by molar-refractivity contribution is 7.92. The third-order valence-electron chi connectivity index (χ3n) is 5.64. The molecule has 0 aliphatic carbocycles. The molecule has 33 heavy (non-hydrogen) atoms. The number of nitrogens with zero attached hydrogens (tertiary/aromatic N) is 2. The van der Waals surface area contributed by atoms with Crippen LogP contribution in [0.25, 0.3) is 22.6 Å². The van der Waals surface area contributed by atoms with Gasteiger partial charge in [-0.3, -0.25) is 9.52 Å². The van der Waals surface area contributed by atoms with Crippen LogP contribution in [0.15, 0.2) is 34.7 Å². The fourth-order valence-corrected chi connectivity index (χ4v) is 4.66. The molecule has 1 amide bonds. The van der Waals surface area contributed by atoms with Crippen molar-refractivity contribution >= 4 is 38.4 Å². The van der Waals surface area contributed by atoms with Gasteiger partial charge >= 0.3 is 0 Å². The van der Waals surface area contributed by atoms with E-state index in [-0.39, 0.29) is 11.3 Å². The first-order valence-corrected chi connectivity index (χ1v) is 12.8. The summed E-state index contributed by atoms with van der Waals surface area (Å²) in [5.74, 6) is 1.08. The molecule has 1 aliphatic heterocycles. The molecule has 0 bridgehead atoms. The Balaban J connectivity index is 1.89. The van der Waals surface area contributed by atoms with E-state index in [0.717, 1.165) is 30.3 Å². The van der Waals surface area contributed by atoms with Gasteiger partial charge in [-0.25, -0.2) is 13.4 Å². The lowest BCUT2D eigenvalue weighted by Crippen LogP contribution is -2.35. The summed E-state index contributed by atoms with van der Waals surface area (Å²) >= 11 is 0. The van der Waals surface area contributed by atoms with Crippen molar-refractivity contribution in [1.82, 2.24) is 4.98 Å². The van der Waals surface area contributed by atoms with Crippen LogP contribution in [-0.2, 0) is 20.2 Å². The number of benzene rings is 2. The predicted molar refractivity (Wildman–Crippen MR) is 129 cm³/mol. The highest BCUT2D eigenvalue weighted by Gasteiger charge is 2.28. The second-order valence-electron chi connectivity index (χ2n) is 9.40. The first-order chi connectivity index (χ1) is 15.5. The van der Waals surface area contributed by atoms with E-state index >= 15 is 0 Å². The number of rotatable bonds is 5. The number of hydrogen-bond acceptors (Lipinski definition) is 6. The van der Waals surface area contributed by atoms with E-state index in [2.05, 4.69) is 30.5 Å². The molecule has 1 saturated heterocycles. The summed E-state index contributed by atoms with van der Waals surface area (Å²) in [7, 11) is -1.81. The largest absolute Gasteiger partial charge is 0.496 e. The number of oxazole rings is 1. The van der Waals surface area contributed by atoms with Crippen molar-refractivity contribution in [3.63, 3.8) is 0 Å². The summed E-state index contributed by atoms with van der Waals surface area (Å²) in [4.78, 5) is 19.1. The third kappa shape index (κ3) is 4.83. The zero-order chi connectivity index (χ0) is 24.0. The topological polar surface area (TPSA) is 102 Å². The summed E-state index contributed by atoms with van der Waals surface area (Å²) in [5.41, 5.74) is 3.56. The number of aromatic nitrogens is 1. The Bertz CT molecular complexity index is 1320. The zero-order valence-electron chi connectivity index (χ0n) is 19.6. The summed E-state index contributed by atoms with van der Waals surface area (Å²) in [6, 6.07) is 8.83. The van der Waals surface area contributed by atoms with Crippen LogP contribution in [-0.4, -0.2) is 39.2 Å². The number of carbonyl (C=O) groups is 1. The monoisotopic (exact) mass is 471 g/mol. The van der Waals surface area contributed by atoms with Gasteiger partial charge in [0.1, 0.15) is 11.3 Å². The van der Waals surface area contributed by atoms with Gasteiger partial charge in [-0.1, -0.05) is 20.8 Å². The second-order valence-corrected chi connectivity index (χ2v) is 11.2. The van der Waals surface area contributed by atoms with Crippen molar-refractivity contribution in [2.45, 2.75) is 45.4 Å². The van der Waals surface area contributed by atoms with E-state index in [1.165, 1.54) is 0 Å². The van der Waals surface area contributed by atoms with E-state index in [9.17, 15) is 13.2 Å². The van der Waals surface area contributed by atoms with E-state index in [1.807, 2.05) is 17.0 Å². The highest BCUT2D eigenvalue weighted by Crippen LogP contribution is 2.43. The third-order valence-corrected chi connectivity index (χ3v) is 6.25. The van der Waals surface area contributed by atoms with E-state index < -0.39 is 10.0 Å². The minimum atomic E-state index is -3.41. The Hall–Kier alpha value is -3.07. The lowest BCUT2D eigenvalue weighted by atomic mass is 9.84. The predicted octanol–water partition coefficient (Wildman–Crippen LogP) is 4.69. The van der Waals surface area contributed by atoms with Crippen LogP contribution in [0.1, 0.15) is 45.6 Å². The number of piperidine rings is 1. The average molecular weight is 472 g/mol. The molecule has 0 radical (unpaired) electrons. The van der Waals surface area contributed by atoms with Crippen molar-refractivity contribution in [3.05, 3.63) is 35.9 Å². The summed E-state index contributed by atoms with van der Waals surface area (Å²) in [6.45, 7) is 6.94. The Morgan fingerprint density at radius 3 is 2.55 bits per heavy atom. The minimum absolute atomic E-state index is 0.103. The fourth-order valence-electron chi connectivity index (χ4n) is 4.10. The van der Waals surface area contributed by atoms with Gasteiger partial charge in [-0.05, 0) is 48.6 Å². The van der Waals surface area contributed by atoms with Gasteiger partial charge in [0.2, 0.25) is 21.8 Å². The number of sulfonamides is 1. The van der Waals surface area contributed by atoms with Gasteiger partial charge < -0.3 is 14.1 Å². The van der Waals surface area contributed by atoms with Crippen LogP contribution in [0, 0.1) is 0 Å². The summed E-state index contributed by atoms with van der Waals surface area (Å²) in [6.07, 6.45) is 3.49. The molecule has 0 spiro atoms. The normalized spacial score (nSPS) is 15.2. The number of methoxy groups -OCH3 is 1. The summed E-state index contributed by atoms with van der Waals surface area (Å²) < 4.78 is 37.5. The minimum Gasteiger partial charge on any atom is -0.496 e. The first kappa shape index (κ1) is 23.1. The molecule has 4 rings (SSSR count). The molecule has 3 aromatic rings. The molecule has 176 valence electrons. The lowest BCUT2D eigenvalue weighted by molar-refractivity contribution is -0.119. The molecule has 1 fully saturated rings. The van der Waals surface area contributed by atoms with Gasteiger partial charge in [0.25, 0.3) is 0 Å². The Morgan fingerprint density at radius 1 is 1.15 bits per heavy atom. The number of nitrogens with one attached hydrogen (secondary N) is 1. The van der Waals surface area contributed by atoms with Crippen molar-refractivity contribution in [1.29, 1.82) is 0 Å². The fraction of sp³-hybridized carbons (Fsp3) is 0.417. The summed E-state index contributed by atoms with van der Waals surface area (Å²) in [5, 5.41) is 0. The molecule has 1 aromatic heterocycles. The molecule has 1 aliphatic rings. The number of fused-ring (bicyclic) bond motifs is 1. The maximum absolute atomic E-state index is 12.6. The molecular formula is C24H29N3O5S. The highest BCUT2D eigenvalue weighted by atomic mass is 32.2. The maximum Gasteiger partial charge on any atom is 0.231 e. The maximum atomic E-state index is 12.6. The Morgan fingerprint density at radius 2 is 1.91 bits per heavy atom. The Labute approximate surface area is 194 Å². The number of amides is 1. The quantitative estimate of drug-likeness (QED) is 0.579. The van der Waals surface area contributed by atoms with Gasteiger partial charge in [0.15, 0.2) is 5.58 Å². The first-order valence-electron chi connectivity index (χ1n) is 10.9. The number of ether oxygens (including phenoxy) is 1. The average Bonchev–Trinajstić information content (AvgIpc) is 3.14. The molecule has 1 N–H and O–H groups in total.